The maximum atomic E-state index is 5.63. The molecule has 1 aromatic heterocycles. The molecule has 0 radical (unpaired) electrons. The Morgan fingerprint density at radius 1 is 1.33 bits per heavy atom. The first kappa shape index (κ1) is 10.4. The van der Waals surface area contributed by atoms with E-state index in [-0.39, 0.29) is 0 Å². The summed E-state index contributed by atoms with van der Waals surface area (Å²) < 4.78 is 11.1. The Kier molecular flexibility index (Phi) is 3.18. The van der Waals surface area contributed by atoms with Crippen molar-refractivity contribution in [3.8, 4) is 5.88 Å². The van der Waals surface area contributed by atoms with E-state index in [1.807, 2.05) is 32.3 Å². The highest BCUT2D eigenvalue weighted by molar-refractivity contribution is 7.13. The van der Waals surface area contributed by atoms with Gasteiger partial charge in [0.05, 0.1) is 10.1 Å². The summed E-state index contributed by atoms with van der Waals surface area (Å²) in [6, 6.07) is 8.13. The van der Waals surface area contributed by atoms with Gasteiger partial charge in [-0.1, -0.05) is 12.1 Å². The highest BCUT2D eigenvalue weighted by atomic mass is 32.1. The lowest BCUT2D eigenvalue weighted by atomic mass is 10.3. The van der Waals surface area contributed by atoms with E-state index in [2.05, 4.69) is 15.3 Å². The van der Waals surface area contributed by atoms with Crippen LogP contribution in [0.4, 0.5) is 0 Å². The highest BCUT2D eigenvalue weighted by Gasteiger charge is 2.05. The number of hydrogen-bond donors (Lipinski definition) is 0. The lowest BCUT2D eigenvalue weighted by molar-refractivity contribution is 0.258. The molecule has 0 bridgehead atoms. The summed E-state index contributed by atoms with van der Waals surface area (Å²) in [5.74, 6) is 0.762. The third-order valence-corrected chi connectivity index (χ3v) is 2.93. The zero-order valence-corrected chi connectivity index (χ0v) is 9.75. The van der Waals surface area contributed by atoms with E-state index in [9.17, 15) is 0 Å². The molecule has 0 atom stereocenters. The van der Waals surface area contributed by atoms with Crippen molar-refractivity contribution in [2.75, 3.05) is 27.2 Å². The van der Waals surface area contributed by atoms with Crippen LogP contribution in [0.2, 0.25) is 0 Å². The number of rotatable bonds is 4. The molecule has 0 aliphatic rings. The molecular formula is C11H14N2OS. The van der Waals surface area contributed by atoms with E-state index in [4.69, 9.17) is 4.74 Å². The van der Waals surface area contributed by atoms with Gasteiger partial charge in [0.25, 0.3) is 0 Å². The van der Waals surface area contributed by atoms with E-state index in [0.29, 0.717) is 6.61 Å². The van der Waals surface area contributed by atoms with Gasteiger partial charge in [0.2, 0.25) is 5.88 Å². The maximum absolute atomic E-state index is 5.63. The molecule has 1 aromatic carbocycles. The Bertz CT molecular complexity index is 439. The first-order valence-corrected chi connectivity index (χ1v) is 5.66. The SMILES string of the molecule is CN(C)CCOc1nsc2ccccc12. The molecule has 0 spiro atoms. The summed E-state index contributed by atoms with van der Waals surface area (Å²) in [6.07, 6.45) is 0. The van der Waals surface area contributed by atoms with Crippen molar-refractivity contribution in [3.05, 3.63) is 24.3 Å². The normalized spacial score (nSPS) is 11.1. The average molecular weight is 222 g/mol. The fourth-order valence-corrected chi connectivity index (χ4v) is 2.02. The molecule has 0 aliphatic heterocycles. The van der Waals surface area contributed by atoms with Crippen LogP contribution in [0.25, 0.3) is 10.1 Å². The third kappa shape index (κ3) is 2.46. The number of benzene rings is 1. The second-order valence-corrected chi connectivity index (χ2v) is 4.44. The minimum Gasteiger partial charge on any atom is -0.475 e. The zero-order chi connectivity index (χ0) is 10.7. The quantitative estimate of drug-likeness (QED) is 0.793. The molecule has 2 rings (SSSR count). The second kappa shape index (κ2) is 4.59. The number of nitrogens with zero attached hydrogens (tertiary/aromatic N) is 2. The van der Waals surface area contributed by atoms with E-state index < -0.39 is 0 Å². The molecule has 0 saturated carbocycles. The van der Waals surface area contributed by atoms with Crippen LogP contribution >= 0.6 is 11.5 Å². The number of hydrogen-bond acceptors (Lipinski definition) is 4. The van der Waals surface area contributed by atoms with Gasteiger partial charge in [0.15, 0.2) is 0 Å². The number of likely N-dealkylation sites (N-methyl/N-ethyl adjacent to an activating group) is 1. The molecule has 0 unspecified atom stereocenters. The first-order chi connectivity index (χ1) is 7.27. The molecule has 15 heavy (non-hydrogen) atoms. The first-order valence-electron chi connectivity index (χ1n) is 4.89. The van der Waals surface area contributed by atoms with Crippen molar-refractivity contribution in [1.29, 1.82) is 0 Å². The molecule has 1 heterocycles. The lowest BCUT2D eigenvalue weighted by Crippen LogP contribution is -2.19. The van der Waals surface area contributed by atoms with Crippen LogP contribution in [-0.2, 0) is 0 Å². The van der Waals surface area contributed by atoms with Gasteiger partial charge in [-0.3, -0.25) is 0 Å². The van der Waals surface area contributed by atoms with Crippen LogP contribution in [0, 0.1) is 0 Å². The standard InChI is InChI=1S/C11H14N2OS/c1-13(2)7-8-14-11-9-5-3-4-6-10(9)15-12-11/h3-6H,7-8H2,1-2H3. The Morgan fingerprint density at radius 3 is 2.93 bits per heavy atom. The topological polar surface area (TPSA) is 25.4 Å². The summed E-state index contributed by atoms with van der Waals surface area (Å²) in [5.41, 5.74) is 0. The van der Waals surface area contributed by atoms with Gasteiger partial charge in [-0.15, -0.1) is 0 Å². The van der Waals surface area contributed by atoms with Gasteiger partial charge < -0.3 is 9.64 Å². The predicted octanol–water partition coefficient (Wildman–Crippen LogP) is 2.24. The monoisotopic (exact) mass is 222 g/mol. The summed E-state index contributed by atoms with van der Waals surface area (Å²) in [5, 5.41) is 1.11. The van der Waals surface area contributed by atoms with Crippen molar-refractivity contribution in [1.82, 2.24) is 9.27 Å². The van der Waals surface area contributed by atoms with Crippen molar-refractivity contribution >= 4 is 21.6 Å². The van der Waals surface area contributed by atoms with E-state index >= 15 is 0 Å². The van der Waals surface area contributed by atoms with Gasteiger partial charge in [0, 0.05) is 6.54 Å². The Morgan fingerprint density at radius 2 is 2.13 bits per heavy atom. The summed E-state index contributed by atoms with van der Waals surface area (Å²) in [4.78, 5) is 2.09. The van der Waals surface area contributed by atoms with Crippen LogP contribution in [0.1, 0.15) is 0 Å². The lowest BCUT2D eigenvalue weighted by Gasteiger charge is -2.09. The molecule has 2 aromatic rings. The third-order valence-electron chi connectivity index (χ3n) is 2.12. The number of aromatic nitrogens is 1. The van der Waals surface area contributed by atoms with Crippen molar-refractivity contribution in [2.24, 2.45) is 0 Å². The molecule has 0 aliphatic carbocycles. The van der Waals surface area contributed by atoms with Crippen molar-refractivity contribution in [2.45, 2.75) is 0 Å². The Labute approximate surface area is 93.4 Å². The molecule has 4 heteroatoms. The summed E-state index contributed by atoms with van der Waals surface area (Å²) in [6.45, 7) is 1.59. The minimum atomic E-state index is 0.681. The number of fused-ring (bicyclic) bond motifs is 1. The molecule has 0 saturated heterocycles. The van der Waals surface area contributed by atoms with Gasteiger partial charge in [-0.05, 0) is 37.8 Å². The number of ether oxygens (including phenoxy) is 1. The van der Waals surface area contributed by atoms with Crippen LogP contribution in [0.3, 0.4) is 0 Å². The smallest absolute Gasteiger partial charge is 0.233 e. The molecular weight excluding hydrogens is 208 g/mol. The fraction of sp³-hybridized carbons (Fsp3) is 0.364. The highest BCUT2D eigenvalue weighted by Crippen LogP contribution is 2.27. The van der Waals surface area contributed by atoms with Crippen LogP contribution in [-0.4, -0.2) is 36.5 Å². The minimum absolute atomic E-state index is 0.681. The summed E-state index contributed by atoms with van der Waals surface area (Å²) >= 11 is 1.48. The largest absolute Gasteiger partial charge is 0.475 e. The zero-order valence-electron chi connectivity index (χ0n) is 8.93. The summed E-state index contributed by atoms with van der Waals surface area (Å²) in [7, 11) is 4.06. The molecule has 80 valence electrons. The van der Waals surface area contributed by atoms with Crippen LogP contribution in [0.5, 0.6) is 5.88 Å². The molecule has 0 N–H and O–H groups in total. The van der Waals surface area contributed by atoms with Gasteiger partial charge >= 0.3 is 0 Å². The second-order valence-electron chi connectivity index (χ2n) is 3.64. The van der Waals surface area contributed by atoms with Gasteiger partial charge in [0.1, 0.15) is 6.61 Å². The van der Waals surface area contributed by atoms with Crippen molar-refractivity contribution in [3.63, 3.8) is 0 Å². The van der Waals surface area contributed by atoms with E-state index in [1.165, 1.54) is 16.2 Å². The Hall–Kier alpha value is -1.13. The van der Waals surface area contributed by atoms with Crippen LogP contribution in [0.15, 0.2) is 24.3 Å². The predicted molar refractivity (Wildman–Crippen MR) is 63.7 cm³/mol. The Balaban J connectivity index is 2.08. The van der Waals surface area contributed by atoms with Crippen molar-refractivity contribution < 1.29 is 4.74 Å². The molecule has 3 nitrogen and oxygen atoms in total. The average Bonchev–Trinajstić information content (AvgIpc) is 2.62. The molecule has 0 fully saturated rings. The van der Waals surface area contributed by atoms with Gasteiger partial charge in [-0.2, -0.15) is 4.37 Å². The van der Waals surface area contributed by atoms with Crippen LogP contribution < -0.4 is 4.74 Å². The van der Waals surface area contributed by atoms with E-state index in [1.54, 1.807) is 0 Å². The molecule has 0 amide bonds. The maximum Gasteiger partial charge on any atom is 0.233 e. The van der Waals surface area contributed by atoms with E-state index in [0.717, 1.165) is 17.8 Å². The fourth-order valence-electron chi connectivity index (χ4n) is 1.29. The van der Waals surface area contributed by atoms with Gasteiger partial charge in [-0.25, -0.2) is 0 Å².